The SMILES string of the molecule is CCS(O)(O)Cc1ccc(Oc2ccc(F)cc2F)c(-c2cc(OCC(F)(F)F)c(=O)n(C)c2)c1. The van der Waals surface area contributed by atoms with E-state index in [0.717, 1.165) is 22.8 Å². The summed E-state index contributed by atoms with van der Waals surface area (Å²) in [6.45, 7) is -0.0877. The maximum Gasteiger partial charge on any atom is 0.422 e. The van der Waals surface area contributed by atoms with Crippen LogP contribution in [0.25, 0.3) is 11.1 Å². The summed E-state index contributed by atoms with van der Waals surface area (Å²) in [4.78, 5) is 12.3. The van der Waals surface area contributed by atoms with Gasteiger partial charge >= 0.3 is 6.18 Å². The number of hydrogen-bond donors (Lipinski definition) is 2. The van der Waals surface area contributed by atoms with E-state index in [2.05, 4.69) is 4.74 Å². The van der Waals surface area contributed by atoms with Gasteiger partial charge in [0.15, 0.2) is 23.9 Å². The lowest BCUT2D eigenvalue weighted by Crippen LogP contribution is -2.25. The third-order valence-electron chi connectivity index (χ3n) is 4.87. The van der Waals surface area contributed by atoms with Crippen LogP contribution in [0.1, 0.15) is 12.5 Å². The van der Waals surface area contributed by atoms with Crippen molar-refractivity contribution in [2.45, 2.75) is 18.9 Å². The van der Waals surface area contributed by atoms with Crippen LogP contribution < -0.4 is 15.0 Å². The van der Waals surface area contributed by atoms with Gasteiger partial charge < -0.3 is 14.0 Å². The normalized spacial score (nSPS) is 12.5. The summed E-state index contributed by atoms with van der Waals surface area (Å²) in [5.41, 5.74) is 0.00311. The Hall–Kier alpha value is -3.09. The molecule has 0 amide bonds. The third-order valence-corrected chi connectivity index (χ3v) is 6.59. The van der Waals surface area contributed by atoms with Gasteiger partial charge in [-0.3, -0.25) is 13.9 Å². The van der Waals surface area contributed by atoms with E-state index in [1.165, 1.54) is 31.4 Å². The number of pyridine rings is 1. The quantitative estimate of drug-likeness (QED) is 0.340. The van der Waals surface area contributed by atoms with E-state index in [9.17, 15) is 35.9 Å². The smallest absolute Gasteiger partial charge is 0.422 e. The minimum atomic E-state index is -4.68. The molecule has 0 saturated carbocycles. The van der Waals surface area contributed by atoms with Gasteiger partial charge in [-0.25, -0.2) is 8.78 Å². The predicted molar refractivity (Wildman–Crippen MR) is 122 cm³/mol. The number of benzene rings is 2. The monoisotopic (exact) mass is 519 g/mol. The number of aromatic nitrogens is 1. The second-order valence-corrected chi connectivity index (χ2v) is 10.1. The van der Waals surface area contributed by atoms with Crippen LogP contribution in [0.5, 0.6) is 17.2 Å². The molecule has 2 N–H and O–H groups in total. The second-order valence-electron chi connectivity index (χ2n) is 7.66. The van der Waals surface area contributed by atoms with E-state index < -0.39 is 46.3 Å². The molecule has 6 nitrogen and oxygen atoms in total. The average Bonchev–Trinajstić information content (AvgIpc) is 2.76. The zero-order chi connectivity index (χ0) is 26.0. The minimum absolute atomic E-state index is 0.0210. The van der Waals surface area contributed by atoms with Gasteiger partial charge in [0.2, 0.25) is 0 Å². The van der Waals surface area contributed by atoms with E-state index in [1.807, 2.05) is 0 Å². The Morgan fingerprint density at radius 3 is 2.31 bits per heavy atom. The van der Waals surface area contributed by atoms with Crippen molar-refractivity contribution in [2.75, 3.05) is 12.4 Å². The standard InChI is InChI=1S/C23H22F5NO5S/c1-3-35(31,32)12-14-4-6-19(34-20-7-5-16(24)10-18(20)25)17(8-14)15-9-21(22(30)29(2)11-15)33-13-23(26,27)28/h4-11,31-32H,3,12-13H2,1-2H3. The van der Waals surface area contributed by atoms with Gasteiger partial charge in [0, 0.05) is 36.2 Å². The van der Waals surface area contributed by atoms with Gasteiger partial charge in [-0.15, -0.1) is 0 Å². The van der Waals surface area contributed by atoms with Crippen LogP contribution >= 0.6 is 10.6 Å². The zero-order valence-corrected chi connectivity index (χ0v) is 19.4. The van der Waals surface area contributed by atoms with Crippen molar-refractivity contribution in [1.82, 2.24) is 4.57 Å². The molecule has 0 atom stereocenters. The highest BCUT2D eigenvalue weighted by Gasteiger charge is 2.29. The summed E-state index contributed by atoms with van der Waals surface area (Å²) in [6, 6.07) is 8.14. The highest BCUT2D eigenvalue weighted by molar-refractivity contribution is 8.23. The van der Waals surface area contributed by atoms with Crippen molar-refractivity contribution in [3.05, 3.63) is 76.2 Å². The highest BCUT2D eigenvalue weighted by atomic mass is 32.3. The lowest BCUT2D eigenvalue weighted by Gasteiger charge is -2.31. The molecule has 0 radical (unpaired) electrons. The molecule has 0 spiro atoms. The van der Waals surface area contributed by atoms with Crippen molar-refractivity contribution in [2.24, 2.45) is 7.05 Å². The molecule has 0 bridgehead atoms. The van der Waals surface area contributed by atoms with Crippen LogP contribution in [0.4, 0.5) is 22.0 Å². The molecule has 3 aromatic rings. The first-order valence-corrected chi connectivity index (χ1v) is 12.1. The summed E-state index contributed by atoms with van der Waals surface area (Å²) in [5.74, 6) is -2.72. The van der Waals surface area contributed by atoms with E-state index in [1.54, 1.807) is 6.92 Å². The minimum Gasteiger partial charge on any atom is -0.478 e. The van der Waals surface area contributed by atoms with E-state index in [4.69, 9.17) is 4.74 Å². The first-order chi connectivity index (χ1) is 16.3. The van der Waals surface area contributed by atoms with Crippen molar-refractivity contribution in [1.29, 1.82) is 0 Å². The number of hydrogen-bond acceptors (Lipinski definition) is 5. The van der Waals surface area contributed by atoms with Crippen molar-refractivity contribution in [3.8, 4) is 28.4 Å². The number of nitrogens with zero attached hydrogens (tertiary/aromatic N) is 1. The fourth-order valence-corrected chi connectivity index (χ4v) is 4.04. The fourth-order valence-electron chi connectivity index (χ4n) is 3.12. The van der Waals surface area contributed by atoms with Crippen LogP contribution in [0.2, 0.25) is 0 Å². The molecule has 0 aliphatic carbocycles. The molecule has 0 aliphatic rings. The number of alkyl halides is 3. The molecule has 35 heavy (non-hydrogen) atoms. The molecular weight excluding hydrogens is 497 g/mol. The van der Waals surface area contributed by atoms with Crippen LogP contribution in [0, 0.1) is 11.6 Å². The van der Waals surface area contributed by atoms with Crippen LogP contribution in [0.15, 0.2) is 53.5 Å². The lowest BCUT2D eigenvalue weighted by atomic mass is 10.0. The van der Waals surface area contributed by atoms with Crippen LogP contribution in [-0.2, 0) is 12.8 Å². The molecule has 0 unspecified atom stereocenters. The first-order valence-electron chi connectivity index (χ1n) is 10.2. The number of aryl methyl sites for hydroxylation is 1. The van der Waals surface area contributed by atoms with E-state index in [0.29, 0.717) is 11.6 Å². The highest BCUT2D eigenvalue weighted by Crippen LogP contribution is 2.44. The molecular formula is C23H22F5NO5S. The predicted octanol–water partition coefficient (Wildman–Crippen LogP) is 6.33. The van der Waals surface area contributed by atoms with Gasteiger partial charge in [-0.1, -0.05) is 6.07 Å². The van der Waals surface area contributed by atoms with E-state index in [-0.39, 0.29) is 34.1 Å². The summed E-state index contributed by atoms with van der Waals surface area (Å²) >= 11 is 0. The summed E-state index contributed by atoms with van der Waals surface area (Å²) in [7, 11) is -1.64. The van der Waals surface area contributed by atoms with Crippen molar-refractivity contribution >= 4 is 10.6 Å². The molecule has 1 aromatic heterocycles. The Kier molecular flexibility index (Phi) is 7.77. The van der Waals surface area contributed by atoms with Crippen LogP contribution in [0.3, 0.4) is 0 Å². The molecule has 0 saturated heterocycles. The van der Waals surface area contributed by atoms with E-state index >= 15 is 0 Å². The number of rotatable bonds is 8. The van der Waals surface area contributed by atoms with Gasteiger partial charge in [-0.05, 0) is 42.8 Å². The maximum absolute atomic E-state index is 14.2. The third kappa shape index (κ3) is 6.96. The lowest BCUT2D eigenvalue weighted by molar-refractivity contribution is -0.153. The first kappa shape index (κ1) is 26.5. The van der Waals surface area contributed by atoms with Crippen LogP contribution in [-0.4, -0.2) is 32.2 Å². The second kappa shape index (κ2) is 10.3. The summed E-state index contributed by atoms with van der Waals surface area (Å²) in [6.07, 6.45) is -3.36. The molecule has 190 valence electrons. The molecule has 0 aliphatic heterocycles. The molecule has 2 aromatic carbocycles. The summed E-state index contributed by atoms with van der Waals surface area (Å²) < 4.78 is 97.0. The molecule has 0 fully saturated rings. The Morgan fingerprint density at radius 1 is 1.00 bits per heavy atom. The topological polar surface area (TPSA) is 80.9 Å². The Bertz CT molecular complexity index is 1280. The van der Waals surface area contributed by atoms with Gasteiger partial charge in [0.05, 0.1) is 5.75 Å². The van der Waals surface area contributed by atoms with Crippen molar-refractivity contribution in [3.63, 3.8) is 0 Å². The Morgan fingerprint density at radius 2 is 1.69 bits per heavy atom. The van der Waals surface area contributed by atoms with Gasteiger partial charge in [-0.2, -0.15) is 23.8 Å². The summed E-state index contributed by atoms with van der Waals surface area (Å²) in [5, 5.41) is 0. The Balaban J connectivity index is 2.12. The molecule has 3 rings (SSSR count). The zero-order valence-electron chi connectivity index (χ0n) is 18.6. The molecule has 1 heterocycles. The maximum atomic E-state index is 14.2. The average molecular weight is 519 g/mol. The van der Waals surface area contributed by atoms with Crippen molar-refractivity contribution < 1.29 is 40.5 Å². The molecule has 12 heteroatoms. The largest absolute Gasteiger partial charge is 0.478 e. The Labute approximate surface area is 198 Å². The number of halogens is 5. The van der Waals surface area contributed by atoms with Gasteiger partial charge in [0.25, 0.3) is 5.56 Å². The fraction of sp³-hybridized carbons (Fsp3) is 0.261. The van der Waals surface area contributed by atoms with Gasteiger partial charge in [0.1, 0.15) is 11.6 Å². The number of ether oxygens (including phenoxy) is 2.